The van der Waals surface area contributed by atoms with Gasteiger partial charge in [0, 0.05) is 17.8 Å². The molecule has 1 aromatic rings. The summed E-state index contributed by atoms with van der Waals surface area (Å²) in [6.07, 6.45) is -0.691. The van der Waals surface area contributed by atoms with Crippen LogP contribution in [0.3, 0.4) is 0 Å². The quantitative estimate of drug-likeness (QED) is 0.894. The number of rotatable bonds is 2. The highest BCUT2D eigenvalue weighted by Gasteiger charge is 2.32. The van der Waals surface area contributed by atoms with Crippen molar-refractivity contribution in [3.63, 3.8) is 0 Å². The Hall–Kier alpha value is -1.13. The molecule has 4 heteroatoms. The van der Waals surface area contributed by atoms with Gasteiger partial charge in [0.2, 0.25) is 0 Å². The molecular weight excluding hydrogens is 245 g/mol. The van der Waals surface area contributed by atoms with Crippen molar-refractivity contribution in [2.75, 3.05) is 24.7 Å². The molecule has 1 N–H and O–H groups in total. The maximum Gasteiger partial charge on any atom is 0.126 e. The van der Waals surface area contributed by atoms with E-state index < -0.39 is 6.10 Å². The number of aliphatic hydroxyl groups excluding tert-OH is 1. The van der Waals surface area contributed by atoms with E-state index in [1.54, 1.807) is 13.8 Å². The third kappa shape index (κ3) is 2.74. The van der Waals surface area contributed by atoms with Gasteiger partial charge in [0.1, 0.15) is 5.82 Å². The summed E-state index contributed by atoms with van der Waals surface area (Å²) in [6, 6.07) is 3.27. The minimum atomic E-state index is -0.691. The van der Waals surface area contributed by atoms with Gasteiger partial charge in [-0.1, -0.05) is 0 Å². The van der Waals surface area contributed by atoms with Gasteiger partial charge in [0.05, 0.1) is 24.9 Å². The van der Waals surface area contributed by atoms with E-state index in [-0.39, 0.29) is 11.4 Å². The number of aryl methyl sites for hydroxylation is 1. The zero-order chi connectivity index (χ0) is 14.2. The zero-order valence-corrected chi connectivity index (χ0v) is 12.0. The molecule has 106 valence electrons. The van der Waals surface area contributed by atoms with Crippen LogP contribution in [-0.2, 0) is 4.74 Å². The number of halogens is 1. The maximum atomic E-state index is 13.7. The lowest BCUT2D eigenvalue weighted by atomic mass is 9.97. The van der Waals surface area contributed by atoms with E-state index in [2.05, 4.69) is 18.7 Å². The minimum Gasteiger partial charge on any atom is -0.389 e. The second-order valence-electron chi connectivity index (χ2n) is 5.85. The van der Waals surface area contributed by atoms with Gasteiger partial charge in [-0.3, -0.25) is 0 Å². The van der Waals surface area contributed by atoms with Gasteiger partial charge in [0.15, 0.2) is 0 Å². The van der Waals surface area contributed by atoms with E-state index in [1.165, 1.54) is 6.07 Å². The van der Waals surface area contributed by atoms with E-state index in [0.29, 0.717) is 24.3 Å². The predicted octanol–water partition coefficient (Wildman–Crippen LogP) is 2.80. The number of benzene rings is 1. The lowest BCUT2D eigenvalue weighted by Gasteiger charge is -2.45. The molecule has 1 fully saturated rings. The van der Waals surface area contributed by atoms with Crippen LogP contribution in [0.5, 0.6) is 0 Å². The van der Waals surface area contributed by atoms with Crippen LogP contribution < -0.4 is 4.90 Å². The van der Waals surface area contributed by atoms with E-state index in [1.807, 2.05) is 6.07 Å². The molecule has 0 amide bonds. The molecule has 0 radical (unpaired) electrons. The number of nitrogens with zero attached hydrogens (tertiary/aromatic N) is 1. The molecule has 0 aromatic heterocycles. The highest BCUT2D eigenvalue weighted by Crippen LogP contribution is 2.34. The smallest absolute Gasteiger partial charge is 0.126 e. The van der Waals surface area contributed by atoms with Gasteiger partial charge in [-0.15, -0.1) is 0 Å². The maximum absolute atomic E-state index is 13.7. The molecule has 0 saturated carbocycles. The first-order valence-electron chi connectivity index (χ1n) is 6.66. The zero-order valence-electron chi connectivity index (χ0n) is 12.0. The van der Waals surface area contributed by atoms with Gasteiger partial charge in [-0.25, -0.2) is 4.39 Å². The molecule has 1 heterocycles. The fraction of sp³-hybridized carbons (Fsp3) is 0.600. The number of morpholine rings is 1. The Morgan fingerprint density at radius 1 is 1.42 bits per heavy atom. The fourth-order valence-electron chi connectivity index (χ4n) is 2.55. The second-order valence-corrected chi connectivity index (χ2v) is 5.85. The standard InChI is InChI=1S/C15H22FNO2/c1-10-7-14(12(11(2)18)8-13(10)16)17-5-6-19-9-15(17,3)4/h7-8,11,18H,5-6,9H2,1-4H3/t11-/m0/s1. The van der Waals surface area contributed by atoms with Crippen molar-refractivity contribution in [1.82, 2.24) is 0 Å². The Morgan fingerprint density at radius 3 is 2.68 bits per heavy atom. The summed E-state index contributed by atoms with van der Waals surface area (Å²) in [5.74, 6) is -0.272. The summed E-state index contributed by atoms with van der Waals surface area (Å²) >= 11 is 0. The minimum absolute atomic E-state index is 0.161. The molecule has 1 saturated heterocycles. The molecule has 1 aromatic carbocycles. The Kier molecular flexibility index (Phi) is 3.83. The van der Waals surface area contributed by atoms with Crippen LogP contribution in [-0.4, -0.2) is 30.4 Å². The normalized spacial score (nSPS) is 20.4. The Labute approximate surface area is 114 Å². The van der Waals surface area contributed by atoms with Crippen molar-refractivity contribution in [2.24, 2.45) is 0 Å². The Bertz CT molecular complexity index is 471. The van der Waals surface area contributed by atoms with Crippen LogP contribution in [0.1, 0.15) is 38.0 Å². The lowest BCUT2D eigenvalue weighted by molar-refractivity contribution is 0.0639. The van der Waals surface area contributed by atoms with Crippen molar-refractivity contribution in [3.8, 4) is 0 Å². The molecular formula is C15H22FNO2. The molecule has 2 rings (SSSR count). The summed E-state index contributed by atoms with van der Waals surface area (Å²) in [6.45, 7) is 9.63. The van der Waals surface area contributed by atoms with Crippen LogP contribution in [0.25, 0.3) is 0 Å². The van der Waals surface area contributed by atoms with Crippen LogP contribution in [0.2, 0.25) is 0 Å². The second kappa shape index (κ2) is 5.10. The average molecular weight is 267 g/mol. The SMILES string of the molecule is Cc1cc(N2CCOCC2(C)C)c([C@H](C)O)cc1F. The summed E-state index contributed by atoms with van der Waals surface area (Å²) < 4.78 is 19.2. The van der Waals surface area contributed by atoms with E-state index in [0.717, 1.165) is 12.2 Å². The van der Waals surface area contributed by atoms with Crippen LogP contribution >= 0.6 is 0 Å². The summed E-state index contributed by atoms with van der Waals surface area (Å²) in [7, 11) is 0. The van der Waals surface area contributed by atoms with Gasteiger partial charge in [0.25, 0.3) is 0 Å². The first-order chi connectivity index (χ1) is 8.83. The van der Waals surface area contributed by atoms with Crippen molar-refractivity contribution < 1.29 is 14.2 Å². The van der Waals surface area contributed by atoms with Crippen molar-refractivity contribution in [3.05, 3.63) is 29.1 Å². The predicted molar refractivity (Wildman–Crippen MR) is 74.0 cm³/mol. The highest BCUT2D eigenvalue weighted by atomic mass is 19.1. The molecule has 1 aliphatic heterocycles. The van der Waals surface area contributed by atoms with Crippen molar-refractivity contribution in [1.29, 1.82) is 0 Å². The van der Waals surface area contributed by atoms with Gasteiger partial charge in [-0.05, 0) is 45.4 Å². The van der Waals surface area contributed by atoms with E-state index in [9.17, 15) is 9.50 Å². The summed E-state index contributed by atoms with van der Waals surface area (Å²) in [5.41, 5.74) is 1.98. The van der Waals surface area contributed by atoms with Crippen LogP contribution in [0.15, 0.2) is 12.1 Å². The number of ether oxygens (including phenoxy) is 1. The molecule has 1 aliphatic rings. The number of anilines is 1. The fourth-order valence-corrected chi connectivity index (χ4v) is 2.55. The van der Waals surface area contributed by atoms with Crippen LogP contribution in [0.4, 0.5) is 10.1 Å². The summed E-state index contributed by atoms with van der Waals surface area (Å²) in [5, 5.41) is 9.90. The number of hydrogen-bond acceptors (Lipinski definition) is 3. The Morgan fingerprint density at radius 2 is 2.11 bits per heavy atom. The monoisotopic (exact) mass is 267 g/mol. The molecule has 0 bridgehead atoms. The molecule has 3 nitrogen and oxygen atoms in total. The lowest BCUT2D eigenvalue weighted by Crippen LogP contribution is -2.53. The van der Waals surface area contributed by atoms with Crippen molar-refractivity contribution >= 4 is 5.69 Å². The number of hydrogen-bond donors (Lipinski definition) is 1. The molecule has 0 aliphatic carbocycles. The molecule has 1 atom stereocenters. The molecule has 0 unspecified atom stereocenters. The largest absolute Gasteiger partial charge is 0.389 e. The topological polar surface area (TPSA) is 32.7 Å². The van der Waals surface area contributed by atoms with E-state index >= 15 is 0 Å². The van der Waals surface area contributed by atoms with Gasteiger partial charge in [-0.2, -0.15) is 0 Å². The van der Waals surface area contributed by atoms with Crippen molar-refractivity contribution in [2.45, 2.75) is 39.3 Å². The van der Waals surface area contributed by atoms with Gasteiger partial charge >= 0.3 is 0 Å². The first kappa shape index (κ1) is 14.3. The highest BCUT2D eigenvalue weighted by molar-refractivity contribution is 5.58. The van der Waals surface area contributed by atoms with E-state index in [4.69, 9.17) is 4.74 Å². The summed E-state index contributed by atoms with van der Waals surface area (Å²) in [4.78, 5) is 2.20. The molecule has 19 heavy (non-hydrogen) atoms. The molecule has 0 spiro atoms. The third-order valence-corrected chi connectivity index (χ3v) is 3.69. The third-order valence-electron chi connectivity index (χ3n) is 3.69. The average Bonchev–Trinajstić information content (AvgIpc) is 2.31. The number of aliphatic hydroxyl groups is 1. The van der Waals surface area contributed by atoms with Crippen LogP contribution in [0, 0.1) is 12.7 Å². The first-order valence-corrected chi connectivity index (χ1v) is 6.66. The Balaban J connectivity index is 2.51. The van der Waals surface area contributed by atoms with Gasteiger partial charge < -0.3 is 14.7 Å².